The van der Waals surface area contributed by atoms with Gasteiger partial charge in [0.1, 0.15) is 0 Å². The molecule has 0 aliphatic heterocycles. The Balaban J connectivity index is 2.18. The Kier molecular flexibility index (Phi) is 2.99. The van der Waals surface area contributed by atoms with E-state index in [4.69, 9.17) is 5.73 Å². The molecule has 82 valence electrons. The molecule has 2 N–H and O–H groups in total. The van der Waals surface area contributed by atoms with E-state index in [2.05, 4.69) is 32.0 Å². The number of hydrogen-bond donors (Lipinski definition) is 1. The van der Waals surface area contributed by atoms with Crippen LogP contribution in [0.5, 0.6) is 0 Å². The first-order chi connectivity index (χ1) is 7.16. The van der Waals surface area contributed by atoms with Gasteiger partial charge in [-0.3, -0.25) is 0 Å². The maximum atomic E-state index is 5.96. The van der Waals surface area contributed by atoms with Crippen LogP contribution in [0.4, 0.5) is 5.69 Å². The third-order valence-electron chi connectivity index (χ3n) is 3.71. The first-order valence-electron chi connectivity index (χ1n) is 6.03. The highest BCUT2D eigenvalue weighted by molar-refractivity contribution is 5.49. The highest BCUT2D eigenvalue weighted by Crippen LogP contribution is 2.36. The average Bonchev–Trinajstić information content (AvgIpc) is 2.22. The SMILES string of the molecule is Cc1ccc([C@H]2CCC[C@H](C)C2)cc1N. The molecule has 0 radical (unpaired) electrons. The summed E-state index contributed by atoms with van der Waals surface area (Å²) in [5.41, 5.74) is 9.56. The van der Waals surface area contributed by atoms with Crippen LogP contribution in [0.1, 0.15) is 49.7 Å². The van der Waals surface area contributed by atoms with E-state index >= 15 is 0 Å². The van der Waals surface area contributed by atoms with Crippen LogP contribution in [0.15, 0.2) is 18.2 Å². The average molecular weight is 203 g/mol. The molecule has 1 aliphatic carbocycles. The van der Waals surface area contributed by atoms with Gasteiger partial charge in [-0.05, 0) is 48.8 Å². The van der Waals surface area contributed by atoms with Crippen LogP contribution >= 0.6 is 0 Å². The van der Waals surface area contributed by atoms with E-state index in [1.165, 1.54) is 36.8 Å². The molecule has 1 heteroatoms. The Bertz CT molecular complexity index is 343. The number of anilines is 1. The minimum atomic E-state index is 0.747. The second-order valence-electron chi connectivity index (χ2n) is 5.08. The zero-order valence-corrected chi connectivity index (χ0v) is 9.79. The van der Waals surface area contributed by atoms with Crippen LogP contribution in [0.2, 0.25) is 0 Å². The molecule has 2 rings (SSSR count). The molecule has 2 atom stereocenters. The zero-order valence-electron chi connectivity index (χ0n) is 9.79. The molecule has 1 nitrogen and oxygen atoms in total. The van der Waals surface area contributed by atoms with Crippen LogP contribution in [-0.2, 0) is 0 Å². The van der Waals surface area contributed by atoms with Crippen LogP contribution in [-0.4, -0.2) is 0 Å². The molecular formula is C14H21N. The van der Waals surface area contributed by atoms with Gasteiger partial charge in [-0.2, -0.15) is 0 Å². The van der Waals surface area contributed by atoms with Crippen LogP contribution in [0.3, 0.4) is 0 Å². The fourth-order valence-corrected chi connectivity index (χ4v) is 2.65. The number of aryl methyl sites for hydroxylation is 1. The molecule has 0 bridgehead atoms. The summed E-state index contributed by atoms with van der Waals surface area (Å²) in [4.78, 5) is 0. The predicted molar refractivity (Wildman–Crippen MR) is 66.0 cm³/mol. The summed E-state index contributed by atoms with van der Waals surface area (Å²) in [6.45, 7) is 4.44. The molecule has 1 aromatic carbocycles. The lowest BCUT2D eigenvalue weighted by Crippen LogP contribution is -2.12. The molecule has 0 unspecified atom stereocenters. The minimum Gasteiger partial charge on any atom is -0.399 e. The van der Waals surface area contributed by atoms with Crippen molar-refractivity contribution in [3.05, 3.63) is 29.3 Å². The molecule has 1 saturated carbocycles. The van der Waals surface area contributed by atoms with E-state index < -0.39 is 0 Å². The molecule has 1 fully saturated rings. The van der Waals surface area contributed by atoms with Gasteiger partial charge in [0.15, 0.2) is 0 Å². The minimum absolute atomic E-state index is 0.747. The molecule has 0 heterocycles. The van der Waals surface area contributed by atoms with Crippen molar-refractivity contribution >= 4 is 5.69 Å². The summed E-state index contributed by atoms with van der Waals surface area (Å²) in [5.74, 6) is 1.63. The largest absolute Gasteiger partial charge is 0.399 e. The number of benzene rings is 1. The molecule has 1 aromatic rings. The second kappa shape index (κ2) is 4.26. The zero-order chi connectivity index (χ0) is 10.8. The van der Waals surface area contributed by atoms with Gasteiger partial charge in [0.25, 0.3) is 0 Å². The van der Waals surface area contributed by atoms with E-state index in [1.807, 2.05) is 0 Å². The van der Waals surface area contributed by atoms with Crippen molar-refractivity contribution in [2.75, 3.05) is 5.73 Å². The van der Waals surface area contributed by atoms with Crippen molar-refractivity contribution in [2.45, 2.75) is 45.4 Å². The molecule has 0 aromatic heterocycles. The Labute approximate surface area is 92.7 Å². The van der Waals surface area contributed by atoms with Crippen molar-refractivity contribution in [2.24, 2.45) is 5.92 Å². The monoisotopic (exact) mass is 203 g/mol. The summed E-state index contributed by atoms with van der Waals surface area (Å²) in [6.07, 6.45) is 5.45. The van der Waals surface area contributed by atoms with Crippen molar-refractivity contribution in [1.29, 1.82) is 0 Å². The lowest BCUT2D eigenvalue weighted by atomic mass is 9.78. The second-order valence-corrected chi connectivity index (χ2v) is 5.08. The molecule has 15 heavy (non-hydrogen) atoms. The highest BCUT2D eigenvalue weighted by Gasteiger charge is 2.20. The fourth-order valence-electron chi connectivity index (χ4n) is 2.65. The third kappa shape index (κ3) is 2.34. The predicted octanol–water partition coefficient (Wildman–Crippen LogP) is 3.87. The Morgan fingerprint density at radius 1 is 1.27 bits per heavy atom. The van der Waals surface area contributed by atoms with E-state index in [1.54, 1.807) is 0 Å². The number of nitrogen functional groups attached to an aromatic ring is 1. The van der Waals surface area contributed by atoms with E-state index in [0.29, 0.717) is 0 Å². The van der Waals surface area contributed by atoms with Gasteiger partial charge in [-0.1, -0.05) is 31.9 Å². The van der Waals surface area contributed by atoms with E-state index in [-0.39, 0.29) is 0 Å². The van der Waals surface area contributed by atoms with Crippen molar-refractivity contribution in [1.82, 2.24) is 0 Å². The lowest BCUT2D eigenvalue weighted by molar-refractivity contribution is 0.344. The van der Waals surface area contributed by atoms with Gasteiger partial charge in [0, 0.05) is 5.69 Å². The maximum Gasteiger partial charge on any atom is 0.0346 e. The quantitative estimate of drug-likeness (QED) is 0.689. The number of rotatable bonds is 1. The van der Waals surface area contributed by atoms with Crippen molar-refractivity contribution < 1.29 is 0 Å². The standard InChI is InChI=1S/C14H21N/c1-10-4-3-5-12(8-10)13-7-6-11(2)14(15)9-13/h6-7,9-10,12H,3-5,8,15H2,1-2H3/t10-,12-/m0/s1. The smallest absolute Gasteiger partial charge is 0.0346 e. The Morgan fingerprint density at radius 2 is 2.07 bits per heavy atom. The van der Waals surface area contributed by atoms with Gasteiger partial charge >= 0.3 is 0 Å². The van der Waals surface area contributed by atoms with Gasteiger partial charge < -0.3 is 5.73 Å². The summed E-state index contributed by atoms with van der Waals surface area (Å²) < 4.78 is 0. The highest BCUT2D eigenvalue weighted by atomic mass is 14.6. The number of hydrogen-bond acceptors (Lipinski definition) is 1. The van der Waals surface area contributed by atoms with Gasteiger partial charge in [-0.15, -0.1) is 0 Å². The number of nitrogens with two attached hydrogens (primary N) is 1. The lowest BCUT2D eigenvalue weighted by Gasteiger charge is -2.27. The van der Waals surface area contributed by atoms with Gasteiger partial charge in [0.2, 0.25) is 0 Å². The van der Waals surface area contributed by atoms with Crippen LogP contribution in [0.25, 0.3) is 0 Å². The fraction of sp³-hybridized carbons (Fsp3) is 0.571. The van der Waals surface area contributed by atoms with Crippen LogP contribution < -0.4 is 5.73 Å². The molecule has 0 spiro atoms. The van der Waals surface area contributed by atoms with Gasteiger partial charge in [-0.25, -0.2) is 0 Å². The topological polar surface area (TPSA) is 26.0 Å². The molecular weight excluding hydrogens is 182 g/mol. The van der Waals surface area contributed by atoms with Crippen molar-refractivity contribution in [3.63, 3.8) is 0 Å². The summed E-state index contributed by atoms with van der Waals surface area (Å²) in [6, 6.07) is 6.59. The Hall–Kier alpha value is -0.980. The maximum absolute atomic E-state index is 5.96. The van der Waals surface area contributed by atoms with Gasteiger partial charge in [0.05, 0.1) is 0 Å². The summed E-state index contributed by atoms with van der Waals surface area (Å²) in [7, 11) is 0. The Morgan fingerprint density at radius 3 is 2.73 bits per heavy atom. The van der Waals surface area contributed by atoms with E-state index in [0.717, 1.165) is 17.5 Å². The van der Waals surface area contributed by atoms with Crippen LogP contribution in [0, 0.1) is 12.8 Å². The molecule has 1 aliphatic rings. The molecule has 0 saturated heterocycles. The van der Waals surface area contributed by atoms with E-state index in [9.17, 15) is 0 Å². The molecule has 0 amide bonds. The third-order valence-corrected chi connectivity index (χ3v) is 3.71. The first kappa shape index (κ1) is 10.5. The summed E-state index contributed by atoms with van der Waals surface area (Å²) in [5, 5.41) is 0. The summed E-state index contributed by atoms with van der Waals surface area (Å²) >= 11 is 0. The van der Waals surface area contributed by atoms with Crippen molar-refractivity contribution in [3.8, 4) is 0 Å². The normalized spacial score (nSPS) is 26.5. The first-order valence-corrected chi connectivity index (χ1v) is 6.03.